The number of sulfone groups is 1. The van der Waals surface area contributed by atoms with Gasteiger partial charge in [-0.25, -0.2) is 18.1 Å². The highest BCUT2D eigenvalue weighted by Gasteiger charge is 2.16. The van der Waals surface area contributed by atoms with Gasteiger partial charge in [-0.05, 0) is 46.8 Å². The van der Waals surface area contributed by atoms with Crippen LogP contribution in [0.25, 0.3) is 15.9 Å². The van der Waals surface area contributed by atoms with Crippen molar-refractivity contribution in [2.75, 3.05) is 11.6 Å². The van der Waals surface area contributed by atoms with Crippen molar-refractivity contribution in [3.8, 4) is 5.69 Å². The van der Waals surface area contributed by atoms with Gasteiger partial charge in [-0.15, -0.1) is 5.10 Å². The lowest BCUT2D eigenvalue weighted by Gasteiger charge is -2.06. The zero-order valence-electron chi connectivity index (χ0n) is 14.2. The van der Waals surface area contributed by atoms with Crippen LogP contribution in [-0.4, -0.2) is 45.8 Å². The Morgan fingerprint density at radius 1 is 1.21 bits per heavy atom. The first kappa shape index (κ1) is 18.5. The van der Waals surface area contributed by atoms with Crippen LogP contribution in [-0.2, 0) is 9.84 Å². The average Bonchev–Trinajstić information content (AvgIpc) is 3.29. The summed E-state index contributed by atoms with van der Waals surface area (Å²) in [6.45, 7) is 0. The molecule has 0 saturated carbocycles. The topological polar surface area (TPSA) is 120 Å². The lowest BCUT2D eigenvalue weighted by molar-refractivity contribution is 0.102. The molecule has 0 saturated heterocycles. The smallest absolute Gasteiger partial charge is 0.259 e. The van der Waals surface area contributed by atoms with Gasteiger partial charge in [0.15, 0.2) is 15.0 Å². The van der Waals surface area contributed by atoms with Crippen LogP contribution in [0.15, 0.2) is 47.6 Å². The van der Waals surface area contributed by atoms with E-state index in [4.69, 9.17) is 11.6 Å². The van der Waals surface area contributed by atoms with E-state index in [0.29, 0.717) is 21.0 Å². The Labute approximate surface area is 167 Å². The molecule has 28 heavy (non-hydrogen) atoms. The molecule has 0 atom stereocenters. The summed E-state index contributed by atoms with van der Waals surface area (Å²) in [7, 11) is -3.33. The van der Waals surface area contributed by atoms with Gasteiger partial charge in [-0.1, -0.05) is 22.9 Å². The molecule has 2 aromatic carbocycles. The van der Waals surface area contributed by atoms with Gasteiger partial charge in [0.05, 0.1) is 31.4 Å². The fourth-order valence-corrected chi connectivity index (χ4v) is 4.29. The van der Waals surface area contributed by atoms with E-state index >= 15 is 0 Å². The number of anilines is 1. The second kappa shape index (κ2) is 6.93. The molecule has 2 aromatic heterocycles. The maximum atomic E-state index is 12.7. The summed E-state index contributed by atoms with van der Waals surface area (Å²) in [5.41, 5.74) is 1.38. The van der Waals surface area contributed by atoms with Crippen LogP contribution in [0.1, 0.15) is 10.4 Å². The van der Waals surface area contributed by atoms with E-state index in [-0.39, 0.29) is 15.5 Å². The fraction of sp³-hybridized carbons (Fsp3) is 0.0625. The van der Waals surface area contributed by atoms with Gasteiger partial charge in [0.1, 0.15) is 6.33 Å². The molecule has 0 spiro atoms. The SMILES string of the molecule is CS(=O)(=O)c1ccc2nc(NC(=O)c3cc(-n4cnnn4)ccc3Cl)sc2c1. The molecule has 9 nitrogen and oxygen atoms in total. The van der Waals surface area contributed by atoms with Crippen molar-refractivity contribution in [3.63, 3.8) is 0 Å². The Morgan fingerprint density at radius 2 is 2.04 bits per heavy atom. The number of thiazole rings is 1. The maximum Gasteiger partial charge on any atom is 0.259 e. The third-order valence-electron chi connectivity index (χ3n) is 3.82. The molecule has 4 aromatic rings. The Bertz CT molecular complexity index is 1300. The molecular weight excluding hydrogens is 424 g/mol. The van der Waals surface area contributed by atoms with E-state index in [0.717, 1.165) is 6.26 Å². The number of rotatable bonds is 4. The lowest BCUT2D eigenvalue weighted by Crippen LogP contribution is -2.13. The predicted octanol–water partition coefficient (Wildman–Crippen LogP) is 2.58. The van der Waals surface area contributed by atoms with Crippen molar-refractivity contribution in [1.29, 1.82) is 0 Å². The molecule has 12 heteroatoms. The number of benzene rings is 2. The third-order valence-corrected chi connectivity index (χ3v) is 6.19. The number of nitrogens with zero attached hydrogens (tertiary/aromatic N) is 5. The Morgan fingerprint density at radius 3 is 2.75 bits per heavy atom. The second-order valence-corrected chi connectivity index (χ2v) is 9.25. The standard InChI is InChI=1S/C16H11ClN6O3S2/c1-28(25,26)10-3-5-13-14(7-10)27-16(19-13)20-15(24)11-6-9(2-4-12(11)17)23-8-18-21-22-23/h2-8H,1H3,(H,19,20,24). The van der Waals surface area contributed by atoms with Gasteiger partial charge >= 0.3 is 0 Å². The van der Waals surface area contributed by atoms with Crippen molar-refractivity contribution in [2.24, 2.45) is 0 Å². The van der Waals surface area contributed by atoms with Crippen LogP contribution >= 0.6 is 22.9 Å². The first-order chi connectivity index (χ1) is 13.3. The zero-order valence-corrected chi connectivity index (χ0v) is 16.6. The molecule has 0 bridgehead atoms. The number of amides is 1. The molecule has 142 valence electrons. The Balaban J connectivity index is 1.64. The maximum absolute atomic E-state index is 12.7. The lowest BCUT2D eigenvalue weighted by atomic mass is 10.2. The van der Waals surface area contributed by atoms with Crippen LogP contribution in [0.3, 0.4) is 0 Å². The summed E-state index contributed by atoms with van der Waals surface area (Å²) >= 11 is 7.33. The first-order valence-electron chi connectivity index (χ1n) is 7.76. The van der Waals surface area contributed by atoms with Crippen molar-refractivity contribution < 1.29 is 13.2 Å². The second-order valence-electron chi connectivity index (χ2n) is 5.79. The van der Waals surface area contributed by atoms with Crippen molar-refractivity contribution in [2.45, 2.75) is 4.90 Å². The van der Waals surface area contributed by atoms with E-state index in [1.54, 1.807) is 24.3 Å². The molecule has 1 amide bonds. The van der Waals surface area contributed by atoms with Crippen LogP contribution in [0.2, 0.25) is 5.02 Å². The van der Waals surface area contributed by atoms with E-state index < -0.39 is 15.7 Å². The summed E-state index contributed by atoms with van der Waals surface area (Å²) in [4.78, 5) is 17.2. The van der Waals surface area contributed by atoms with Gasteiger partial charge in [0, 0.05) is 6.26 Å². The summed E-state index contributed by atoms with van der Waals surface area (Å²) < 4.78 is 25.4. The molecule has 1 N–H and O–H groups in total. The van der Waals surface area contributed by atoms with Gasteiger partial charge in [0.25, 0.3) is 5.91 Å². The fourth-order valence-electron chi connectivity index (χ4n) is 2.46. The summed E-state index contributed by atoms with van der Waals surface area (Å²) in [5.74, 6) is -0.456. The molecule has 0 aliphatic rings. The molecule has 0 fully saturated rings. The number of nitrogens with one attached hydrogen (secondary N) is 1. The summed E-state index contributed by atoms with van der Waals surface area (Å²) in [6.07, 6.45) is 2.54. The number of carbonyl (C=O) groups excluding carboxylic acids is 1. The Hall–Kier alpha value is -2.89. The molecule has 4 rings (SSSR count). The summed E-state index contributed by atoms with van der Waals surface area (Å²) in [5, 5.41) is 14.2. The van der Waals surface area contributed by atoms with Crippen LogP contribution in [0.4, 0.5) is 5.13 Å². The Kier molecular flexibility index (Phi) is 4.57. The minimum Gasteiger partial charge on any atom is -0.298 e. The van der Waals surface area contributed by atoms with E-state index in [1.165, 1.54) is 34.5 Å². The quantitative estimate of drug-likeness (QED) is 0.524. The predicted molar refractivity (Wildman–Crippen MR) is 105 cm³/mol. The van der Waals surface area contributed by atoms with E-state index in [1.807, 2.05) is 0 Å². The molecular formula is C16H11ClN6O3S2. The van der Waals surface area contributed by atoms with Crippen LogP contribution < -0.4 is 5.32 Å². The minimum absolute atomic E-state index is 0.193. The molecule has 0 aliphatic carbocycles. The van der Waals surface area contributed by atoms with E-state index in [2.05, 4.69) is 25.8 Å². The van der Waals surface area contributed by atoms with Gasteiger partial charge < -0.3 is 0 Å². The van der Waals surface area contributed by atoms with Gasteiger partial charge in [-0.2, -0.15) is 0 Å². The van der Waals surface area contributed by atoms with Crippen molar-refractivity contribution >= 4 is 54.0 Å². The number of carbonyl (C=O) groups is 1. The zero-order chi connectivity index (χ0) is 19.9. The highest BCUT2D eigenvalue weighted by molar-refractivity contribution is 7.90. The molecule has 2 heterocycles. The normalized spacial score (nSPS) is 11.6. The summed E-state index contributed by atoms with van der Waals surface area (Å²) in [6, 6.07) is 9.43. The largest absolute Gasteiger partial charge is 0.298 e. The molecule has 0 aliphatic heterocycles. The number of halogens is 1. The molecule has 0 unspecified atom stereocenters. The number of hydrogen-bond acceptors (Lipinski definition) is 8. The van der Waals surface area contributed by atoms with Crippen LogP contribution in [0.5, 0.6) is 0 Å². The van der Waals surface area contributed by atoms with E-state index in [9.17, 15) is 13.2 Å². The van der Waals surface area contributed by atoms with Crippen molar-refractivity contribution in [3.05, 3.63) is 53.3 Å². The number of aromatic nitrogens is 5. The van der Waals surface area contributed by atoms with Gasteiger partial charge in [-0.3, -0.25) is 10.1 Å². The number of tetrazole rings is 1. The highest BCUT2D eigenvalue weighted by atomic mass is 35.5. The minimum atomic E-state index is -3.33. The van der Waals surface area contributed by atoms with Gasteiger partial charge in [0.2, 0.25) is 0 Å². The highest BCUT2D eigenvalue weighted by Crippen LogP contribution is 2.29. The number of hydrogen-bond donors (Lipinski definition) is 1. The van der Waals surface area contributed by atoms with Crippen molar-refractivity contribution in [1.82, 2.24) is 25.2 Å². The average molecular weight is 435 g/mol. The number of fused-ring (bicyclic) bond motifs is 1. The first-order valence-corrected chi connectivity index (χ1v) is 10.8. The molecule has 0 radical (unpaired) electrons. The third kappa shape index (κ3) is 3.59. The monoisotopic (exact) mass is 434 g/mol. The van der Waals surface area contributed by atoms with Crippen LogP contribution in [0, 0.1) is 0 Å².